The average Bonchev–Trinajstić information content (AvgIpc) is 3.09. The van der Waals surface area contributed by atoms with E-state index in [0.717, 1.165) is 26.4 Å². The lowest BCUT2D eigenvalue weighted by Crippen LogP contribution is -2.35. The second kappa shape index (κ2) is 9.16. The SMILES string of the molecule is C=C(/C=C\C=C\CO)Sc1ccc2nn(C3=CC(C)=CC(C(C)(C)C)C3O)nc2c1. The standard InChI is InChI=1S/C24H29N3O2S/c1-16-13-19(24(3,4)5)23(29)22(14-16)27-25-20-11-10-18(15-21(20)26-27)30-17(2)9-7-6-8-12-28/h6-11,13-15,19,23,28-29H,2,12H2,1,3-5H3/b8-6+,9-7-. The van der Waals surface area contributed by atoms with Crippen molar-refractivity contribution in [2.24, 2.45) is 11.3 Å². The Labute approximate surface area is 182 Å². The van der Waals surface area contributed by atoms with Crippen molar-refractivity contribution in [1.82, 2.24) is 15.0 Å². The quantitative estimate of drug-likeness (QED) is 0.507. The lowest BCUT2D eigenvalue weighted by molar-refractivity contribution is 0.108. The van der Waals surface area contributed by atoms with Crippen LogP contribution in [0.5, 0.6) is 0 Å². The van der Waals surface area contributed by atoms with Gasteiger partial charge in [-0.3, -0.25) is 0 Å². The van der Waals surface area contributed by atoms with E-state index in [1.807, 2.05) is 43.4 Å². The summed E-state index contributed by atoms with van der Waals surface area (Å²) in [5.74, 6) is -0.00674. The lowest BCUT2D eigenvalue weighted by atomic mass is 9.73. The van der Waals surface area contributed by atoms with Gasteiger partial charge in [-0.05, 0) is 42.7 Å². The Morgan fingerprint density at radius 3 is 2.67 bits per heavy atom. The number of fused-ring (bicyclic) bond motifs is 1. The van der Waals surface area contributed by atoms with Gasteiger partial charge in [0.05, 0.1) is 12.3 Å². The van der Waals surface area contributed by atoms with Crippen molar-refractivity contribution in [3.63, 3.8) is 0 Å². The fourth-order valence-corrected chi connectivity index (χ4v) is 4.14. The molecular formula is C24H29N3O2S. The maximum Gasteiger partial charge on any atom is 0.114 e. The van der Waals surface area contributed by atoms with Crippen LogP contribution in [0.25, 0.3) is 16.7 Å². The molecule has 30 heavy (non-hydrogen) atoms. The topological polar surface area (TPSA) is 71.2 Å². The lowest BCUT2D eigenvalue weighted by Gasteiger charge is -2.35. The van der Waals surface area contributed by atoms with Crippen molar-refractivity contribution in [3.05, 3.63) is 71.7 Å². The Morgan fingerprint density at radius 1 is 1.23 bits per heavy atom. The highest BCUT2D eigenvalue weighted by Crippen LogP contribution is 2.38. The molecule has 0 saturated carbocycles. The minimum atomic E-state index is -0.666. The first-order valence-corrected chi connectivity index (χ1v) is 10.8. The number of aliphatic hydroxyl groups is 2. The third-order valence-corrected chi connectivity index (χ3v) is 5.82. The first-order chi connectivity index (χ1) is 14.2. The zero-order valence-electron chi connectivity index (χ0n) is 17.9. The Morgan fingerprint density at radius 2 is 1.97 bits per heavy atom. The third-order valence-electron chi connectivity index (χ3n) is 4.93. The summed E-state index contributed by atoms with van der Waals surface area (Å²) in [6, 6.07) is 5.90. The fourth-order valence-electron chi connectivity index (χ4n) is 3.39. The van der Waals surface area contributed by atoms with E-state index in [2.05, 4.69) is 43.6 Å². The Bertz CT molecular complexity index is 1050. The Kier molecular flexibility index (Phi) is 6.81. The summed E-state index contributed by atoms with van der Waals surface area (Å²) in [7, 11) is 0. The second-order valence-electron chi connectivity index (χ2n) is 8.49. The number of benzene rings is 1. The maximum absolute atomic E-state index is 11.0. The van der Waals surface area contributed by atoms with E-state index in [9.17, 15) is 5.11 Å². The summed E-state index contributed by atoms with van der Waals surface area (Å²) in [6.45, 7) is 12.5. The molecule has 0 aliphatic heterocycles. The molecule has 2 N–H and O–H groups in total. The molecule has 0 amide bonds. The highest BCUT2D eigenvalue weighted by Gasteiger charge is 2.35. The zero-order chi connectivity index (χ0) is 21.9. The van der Waals surface area contributed by atoms with Crippen molar-refractivity contribution in [1.29, 1.82) is 0 Å². The summed E-state index contributed by atoms with van der Waals surface area (Å²) in [6.07, 6.45) is 10.6. The van der Waals surface area contributed by atoms with E-state index in [4.69, 9.17) is 5.11 Å². The van der Waals surface area contributed by atoms with Crippen LogP contribution in [0.3, 0.4) is 0 Å². The molecule has 2 atom stereocenters. The van der Waals surface area contributed by atoms with Crippen LogP contribution in [0.2, 0.25) is 0 Å². The fraction of sp³-hybridized carbons (Fsp3) is 0.333. The van der Waals surface area contributed by atoms with E-state index >= 15 is 0 Å². The van der Waals surface area contributed by atoms with Crippen molar-refractivity contribution >= 4 is 28.5 Å². The van der Waals surface area contributed by atoms with Gasteiger partial charge in [-0.15, -0.1) is 10.2 Å². The molecule has 5 nitrogen and oxygen atoms in total. The smallest absolute Gasteiger partial charge is 0.114 e. The molecule has 2 unspecified atom stereocenters. The maximum atomic E-state index is 11.0. The van der Waals surface area contributed by atoms with Crippen LogP contribution in [0, 0.1) is 11.3 Å². The van der Waals surface area contributed by atoms with Crippen LogP contribution in [-0.4, -0.2) is 37.9 Å². The summed E-state index contributed by atoms with van der Waals surface area (Å²) >= 11 is 1.54. The largest absolute Gasteiger partial charge is 0.392 e. The Hall–Kier alpha value is -2.41. The molecule has 2 aromatic rings. The van der Waals surface area contributed by atoms with Gasteiger partial charge in [0.25, 0.3) is 0 Å². The molecule has 3 rings (SSSR count). The number of rotatable bonds is 6. The van der Waals surface area contributed by atoms with Crippen LogP contribution in [0.15, 0.2) is 76.6 Å². The number of nitrogens with zero attached hydrogens (tertiary/aromatic N) is 3. The first-order valence-electron chi connectivity index (χ1n) is 9.95. The van der Waals surface area contributed by atoms with E-state index in [0.29, 0.717) is 5.70 Å². The van der Waals surface area contributed by atoms with Gasteiger partial charge in [0.15, 0.2) is 0 Å². The van der Waals surface area contributed by atoms with Gasteiger partial charge in [-0.25, -0.2) is 0 Å². The number of thioether (sulfide) groups is 1. The van der Waals surface area contributed by atoms with Gasteiger partial charge in [0.2, 0.25) is 0 Å². The first kappa shape index (κ1) is 22.3. The number of aromatic nitrogens is 3. The number of hydrogen-bond donors (Lipinski definition) is 2. The van der Waals surface area contributed by atoms with Crippen LogP contribution in [0.4, 0.5) is 0 Å². The van der Waals surface area contributed by atoms with Gasteiger partial charge in [-0.2, -0.15) is 4.80 Å². The summed E-state index contributed by atoms with van der Waals surface area (Å²) in [5, 5.41) is 29.0. The average molecular weight is 424 g/mol. The van der Waals surface area contributed by atoms with E-state index in [1.165, 1.54) is 11.8 Å². The predicted molar refractivity (Wildman–Crippen MR) is 125 cm³/mol. The van der Waals surface area contributed by atoms with Crippen molar-refractivity contribution in [3.8, 4) is 0 Å². The monoisotopic (exact) mass is 423 g/mol. The molecule has 158 valence electrons. The normalized spacial score (nSPS) is 20.2. The molecule has 6 heteroatoms. The molecule has 1 aliphatic rings. The summed E-state index contributed by atoms with van der Waals surface area (Å²) in [4.78, 5) is 3.45. The molecule has 1 aromatic heterocycles. The Balaban J connectivity index is 1.84. The minimum Gasteiger partial charge on any atom is -0.392 e. The second-order valence-corrected chi connectivity index (χ2v) is 9.69. The molecule has 1 aliphatic carbocycles. The van der Waals surface area contributed by atoms with Crippen LogP contribution >= 0.6 is 11.8 Å². The molecular weight excluding hydrogens is 394 g/mol. The minimum absolute atomic E-state index is 0.00674. The van der Waals surface area contributed by atoms with E-state index < -0.39 is 6.10 Å². The molecule has 0 spiro atoms. The van der Waals surface area contributed by atoms with E-state index in [1.54, 1.807) is 16.9 Å². The highest BCUT2D eigenvalue weighted by molar-refractivity contribution is 8.03. The molecule has 0 radical (unpaired) electrons. The van der Waals surface area contributed by atoms with Gasteiger partial charge >= 0.3 is 0 Å². The number of allylic oxidation sites excluding steroid dienone is 5. The molecule has 0 bridgehead atoms. The molecule has 0 saturated heterocycles. The number of aliphatic hydroxyl groups excluding tert-OH is 2. The van der Waals surface area contributed by atoms with Crippen molar-refractivity contribution in [2.75, 3.05) is 6.61 Å². The van der Waals surface area contributed by atoms with Crippen molar-refractivity contribution < 1.29 is 10.2 Å². The van der Waals surface area contributed by atoms with E-state index in [-0.39, 0.29) is 17.9 Å². The molecule has 0 fully saturated rings. The number of hydrogen-bond acceptors (Lipinski definition) is 5. The van der Waals surface area contributed by atoms with Crippen LogP contribution in [-0.2, 0) is 0 Å². The summed E-state index contributed by atoms with van der Waals surface area (Å²) in [5.41, 5.74) is 3.27. The molecule has 1 heterocycles. The van der Waals surface area contributed by atoms with Gasteiger partial charge < -0.3 is 10.2 Å². The van der Waals surface area contributed by atoms with Gasteiger partial charge in [0.1, 0.15) is 17.1 Å². The van der Waals surface area contributed by atoms with Gasteiger partial charge in [0, 0.05) is 15.7 Å². The summed E-state index contributed by atoms with van der Waals surface area (Å²) < 4.78 is 0. The third kappa shape index (κ3) is 5.19. The van der Waals surface area contributed by atoms with Crippen LogP contribution in [0.1, 0.15) is 27.7 Å². The predicted octanol–water partition coefficient (Wildman–Crippen LogP) is 4.97. The highest BCUT2D eigenvalue weighted by atomic mass is 32.2. The zero-order valence-corrected chi connectivity index (χ0v) is 18.7. The van der Waals surface area contributed by atoms with Crippen LogP contribution < -0.4 is 0 Å². The molecule has 1 aromatic carbocycles. The van der Waals surface area contributed by atoms with Gasteiger partial charge in [-0.1, -0.05) is 69.0 Å². The van der Waals surface area contributed by atoms with Crippen molar-refractivity contribution in [2.45, 2.75) is 38.7 Å².